The third kappa shape index (κ3) is 5.81. The van der Waals surface area contributed by atoms with Gasteiger partial charge in [-0.15, -0.1) is 0 Å². The van der Waals surface area contributed by atoms with Crippen molar-refractivity contribution in [2.45, 2.75) is 19.5 Å². The molecule has 5 nitrogen and oxygen atoms in total. The molecule has 2 aromatic carbocycles. The van der Waals surface area contributed by atoms with Gasteiger partial charge in [-0.05, 0) is 23.3 Å². The number of nitrogens with zero attached hydrogens (tertiary/aromatic N) is 2. The van der Waals surface area contributed by atoms with Gasteiger partial charge < -0.3 is 15.0 Å². The zero-order valence-electron chi connectivity index (χ0n) is 16.1. The lowest BCUT2D eigenvalue weighted by molar-refractivity contribution is -0.122. The van der Waals surface area contributed by atoms with Gasteiger partial charge in [0.15, 0.2) is 0 Å². The van der Waals surface area contributed by atoms with E-state index in [4.69, 9.17) is 4.74 Å². The zero-order chi connectivity index (χ0) is 18.9. The third-order valence-corrected chi connectivity index (χ3v) is 5.02. The summed E-state index contributed by atoms with van der Waals surface area (Å²) in [4.78, 5) is 16.8. The highest BCUT2D eigenvalue weighted by Crippen LogP contribution is 2.18. The van der Waals surface area contributed by atoms with Crippen LogP contribution in [-0.2, 0) is 22.6 Å². The van der Waals surface area contributed by atoms with Crippen LogP contribution in [0.25, 0.3) is 0 Å². The number of amides is 1. The maximum atomic E-state index is 11.8. The second kappa shape index (κ2) is 10.1. The van der Waals surface area contributed by atoms with E-state index in [1.54, 1.807) is 7.11 Å². The van der Waals surface area contributed by atoms with E-state index < -0.39 is 0 Å². The van der Waals surface area contributed by atoms with Crippen LogP contribution in [0.4, 0.5) is 5.69 Å². The number of piperazine rings is 1. The molecule has 0 aliphatic carbocycles. The fourth-order valence-electron chi connectivity index (χ4n) is 3.41. The molecule has 27 heavy (non-hydrogen) atoms. The summed E-state index contributed by atoms with van der Waals surface area (Å²) in [5, 5.41) is 2.99. The van der Waals surface area contributed by atoms with E-state index in [1.807, 2.05) is 6.07 Å². The highest BCUT2D eigenvalue weighted by Gasteiger charge is 2.18. The Hall–Kier alpha value is -2.37. The molecule has 1 heterocycles. The molecule has 1 amide bonds. The number of benzene rings is 2. The topological polar surface area (TPSA) is 44.8 Å². The van der Waals surface area contributed by atoms with Crippen LogP contribution in [0.3, 0.4) is 0 Å². The van der Waals surface area contributed by atoms with E-state index in [-0.39, 0.29) is 5.91 Å². The molecule has 1 aliphatic heterocycles. The molecule has 0 radical (unpaired) electrons. The molecule has 1 aliphatic rings. The number of carbonyl (C=O) groups excluding carboxylic acids is 1. The number of ether oxygens (including phenoxy) is 1. The molecule has 2 aromatic rings. The molecule has 0 bridgehead atoms. The molecule has 0 spiro atoms. The maximum Gasteiger partial charge on any atom is 0.222 e. The van der Waals surface area contributed by atoms with E-state index in [1.165, 1.54) is 16.8 Å². The lowest BCUT2D eigenvalue weighted by atomic mass is 10.1. The summed E-state index contributed by atoms with van der Waals surface area (Å²) >= 11 is 0. The summed E-state index contributed by atoms with van der Waals surface area (Å²) < 4.78 is 4.96. The Bertz CT molecular complexity index is 713. The van der Waals surface area contributed by atoms with Crippen LogP contribution >= 0.6 is 0 Å². The number of methoxy groups -OCH3 is 1. The van der Waals surface area contributed by atoms with Gasteiger partial charge in [-0.3, -0.25) is 9.69 Å². The van der Waals surface area contributed by atoms with Crippen LogP contribution in [0.1, 0.15) is 17.5 Å². The molecule has 1 N–H and O–H groups in total. The molecule has 1 saturated heterocycles. The molecule has 5 heteroatoms. The van der Waals surface area contributed by atoms with E-state index in [0.29, 0.717) is 19.6 Å². The third-order valence-electron chi connectivity index (χ3n) is 5.02. The summed E-state index contributed by atoms with van der Waals surface area (Å²) in [6, 6.07) is 19.0. The summed E-state index contributed by atoms with van der Waals surface area (Å²) in [6.45, 7) is 6.13. The van der Waals surface area contributed by atoms with Crippen molar-refractivity contribution in [2.75, 3.05) is 44.8 Å². The average Bonchev–Trinajstić information content (AvgIpc) is 2.73. The fourth-order valence-corrected chi connectivity index (χ4v) is 3.41. The van der Waals surface area contributed by atoms with Gasteiger partial charge in [0.2, 0.25) is 5.91 Å². The van der Waals surface area contributed by atoms with Crippen molar-refractivity contribution in [3.8, 4) is 0 Å². The summed E-state index contributed by atoms with van der Waals surface area (Å²) in [5.74, 6) is 0.0307. The van der Waals surface area contributed by atoms with Gasteiger partial charge >= 0.3 is 0 Å². The Kier molecular flexibility index (Phi) is 7.25. The molecular weight excluding hydrogens is 338 g/mol. The van der Waals surface area contributed by atoms with E-state index in [0.717, 1.165) is 32.7 Å². The van der Waals surface area contributed by atoms with Crippen molar-refractivity contribution in [1.82, 2.24) is 10.2 Å². The Balaban J connectivity index is 1.52. The first-order valence-electron chi connectivity index (χ1n) is 9.61. The van der Waals surface area contributed by atoms with Gasteiger partial charge in [0.05, 0.1) is 6.61 Å². The van der Waals surface area contributed by atoms with Crippen LogP contribution in [0.2, 0.25) is 0 Å². The number of rotatable bonds is 8. The van der Waals surface area contributed by atoms with E-state index in [2.05, 4.69) is 63.6 Å². The highest BCUT2D eigenvalue weighted by atomic mass is 16.5. The minimum atomic E-state index is 0.0307. The van der Waals surface area contributed by atoms with Crippen molar-refractivity contribution in [3.63, 3.8) is 0 Å². The SMILES string of the molecule is COCCC(=O)NCc1ccccc1CN1CCN(c2ccccc2)CC1. The van der Waals surface area contributed by atoms with Gasteiger partial charge in [0.25, 0.3) is 0 Å². The van der Waals surface area contributed by atoms with Crippen LogP contribution in [-0.4, -0.2) is 50.7 Å². The Morgan fingerprint density at radius 3 is 2.33 bits per heavy atom. The first kappa shape index (κ1) is 19.4. The maximum absolute atomic E-state index is 11.8. The number of hydrogen-bond acceptors (Lipinski definition) is 4. The Labute approximate surface area is 161 Å². The molecule has 144 valence electrons. The van der Waals surface area contributed by atoms with Crippen LogP contribution in [0, 0.1) is 0 Å². The number of hydrogen-bond donors (Lipinski definition) is 1. The van der Waals surface area contributed by atoms with Crippen molar-refractivity contribution in [3.05, 3.63) is 65.7 Å². The molecule has 0 unspecified atom stereocenters. The van der Waals surface area contributed by atoms with Gasteiger partial charge in [-0.25, -0.2) is 0 Å². The number of anilines is 1. The minimum Gasteiger partial charge on any atom is -0.384 e. The minimum absolute atomic E-state index is 0.0307. The summed E-state index contributed by atoms with van der Waals surface area (Å²) in [5.41, 5.74) is 3.78. The zero-order valence-corrected chi connectivity index (χ0v) is 16.1. The smallest absolute Gasteiger partial charge is 0.222 e. The predicted octanol–water partition coefficient (Wildman–Crippen LogP) is 2.66. The van der Waals surface area contributed by atoms with Crippen LogP contribution in [0.5, 0.6) is 0 Å². The molecule has 0 aromatic heterocycles. The highest BCUT2D eigenvalue weighted by molar-refractivity contribution is 5.76. The lowest BCUT2D eigenvalue weighted by Crippen LogP contribution is -2.46. The first-order valence-corrected chi connectivity index (χ1v) is 9.61. The lowest BCUT2D eigenvalue weighted by Gasteiger charge is -2.36. The van der Waals surface area contributed by atoms with Crippen molar-refractivity contribution >= 4 is 11.6 Å². The molecule has 0 atom stereocenters. The standard InChI is InChI=1S/C22H29N3O2/c1-27-16-11-22(26)23-17-19-7-5-6-8-20(19)18-24-12-14-25(15-13-24)21-9-3-2-4-10-21/h2-10H,11-18H2,1H3,(H,23,26). The molecule has 3 rings (SSSR count). The van der Waals surface area contributed by atoms with Crippen molar-refractivity contribution < 1.29 is 9.53 Å². The van der Waals surface area contributed by atoms with Gasteiger partial charge in [0, 0.05) is 58.5 Å². The quantitative estimate of drug-likeness (QED) is 0.779. The molecule has 0 saturated carbocycles. The Morgan fingerprint density at radius 1 is 0.963 bits per heavy atom. The van der Waals surface area contributed by atoms with Crippen molar-refractivity contribution in [2.24, 2.45) is 0 Å². The van der Waals surface area contributed by atoms with Gasteiger partial charge in [-0.1, -0.05) is 42.5 Å². The average molecular weight is 367 g/mol. The van der Waals surface area contributed by atoms with E-state index >= 15 is 0 Å². The van der Waals surface area contributed by atoms with Crippen LogP contribution < -0.4 is 10.2 Å². The second-order valence-corrected chi connectivity index (χ2v) is 6.89. The summed E-state index contributed by atoms with van der Waals surface area (Å²) in [7, 11) is 1.61. The Morgan fingerprint density at radius 2 is 1.63 bits per heavy atom. The fraction of sp³-hybridized carbons (Fsp3) is 0.409. The molecule has 1 fully saturated rings. The number of nitrogens with one attached hydrogen (secondary N) is 1. The van der Waals surface area contributed by atoms with Gasteiger partial charge in [-0.2, -0.15) is 0 Å². The second-order valence-electron chi connectivity index (χ2n) is 6.89. The molecular formula is C22H29N3O2. The van der Waals surface area contributed by atoms with Crippen LogP contribution in [0.15, 0.2) is 54.6 Å². The van der Waals surface area contributed by atoms with Gasteiger partial charge in [0.1, 0.15) is 0 Å². The monoisotopic (exact) mass is 367 g/mol. The first-order chi connectivity index (χ1) is 13.3. The normalized spacial score (nSPS) is 14.9. The largest absolute Gasteiger partial charge is 0.384 e. The summed E-state index contributed by atoms with van der Waals surface area (Å²) in [6.07, 6.45) is 0.403. The number of carbonyl (C=O) groups is 1. The predicted molar refractivity (Wildman–Crippen MR) is 109 cm³/mol. The number of para-hydroxylation sites is 1. The van der Waals surface area contributed by atoms with E-state index in [9.17, 15) is 4.79 Å². The van der Waals surface area contributed by atoms with Crippen molar-refractivity contribution in [1.29, 1.82) is 0 Å².